The molecule has 0 aliphatic rings. The van der Waals surface area contributed by atoms with E-state index in [4.69, 9.17) is 4.52 Å². The van der Waals surface area contributed by atoms with E-state index in [1.807, 2.05) is 30.3 Å². The van der Waals surface area contributed by atoms with Gasteiger partial charge in [-0.15, -0.1) is 0 Å². The molecule has 4 nitrogen and oxygen atoms in total. The summed E-state index contributed by atoms with van der Waals surface area (Å²) in [7, 11) is 1.76. The summed E-state index contributed by atoms with van der Waals surface area (Å²) in [6.45, 7) is 2.32. The van der Waals surface area contributed by atoms with Crippen LogP contribution in [0.5, 0.6) is 0 Å². The molecule has 0 saturated carbocycles. The van der Waals surface area contributed by atoms with Crippen molar-refractivity contribution in [3.05, 3.63) is 77.7 Å². The molecule has 0 aliphatic heterocycles. The van der Waals surface area contributed by atoms with Crippen molar-refractivity contribution in [3.8, 4) is 11.1 Å². The molecule has 2 aromatic carbocycles. The van der Waals surface area contributed by atoms with Crippen LogP contribution in [-0.4, -0.2) is 23.0 Å². The van der Waals surface area contributed by atoms with Gasteiger partial charge < -0.3 is 9.42 Å². The monoisotopic (exact) mass is 306 g/mol. The van der Waals surface area contributed by atoms with Gasteiger partial charge in [-0.1, -0.05) is 59.8 Å². The van der Waals surface area contributed by atoms with E-state index >= 15 is 0 Å². The summed E-state index contributed by atoms with van der Waals surface area (Å²) < 4.78 is 5.02. The summed E-state index contributed by atoms with van der Waals surface area (Å²) in [6.07, 6.45) is 0. The first-order chi connectivity index (χ1) is 11.1. The van der Waals surface area contributed by atoms with Crippen molar-refractivity contribution in [2.24, 2.45) is 0 Å². The lowest BCUT2D eigenvalue weighted by atomic mass is 10.0. The van der Waals surface area contributed by atoms with Gasteiger partial charge in [-0.3, -0.25) is 4.79 Å². The zero-order chi connectivity index (χ0) is 16.2. The number of nitrogens with zero attached hydrogens (tertiary/aromatic N) is 2. The van der Waals surface area contributed by atoms with E-state index in [0.717, 1.165) is 11.1 Å². The van der Waals surface area contributed by atoms with Crippen LogP contribution in [0.1, 0.15) is 21.8 Å². The molecular weight excluding hydrogens is 288 g/mol. The third kappa shape index (κ3) is 3.48. The quantitative estimate of drug-likeness (QED) is 0.734. The number of aryl methyl sites for hydroxylation is 1. The Balaban J connectivity index is 1.69. The van der Waals surface area contributed by atoms with Crippen molar-refractivity contribution in [3.63, 3.8) is 0 Å². The fourth-order valence-electron chi connectivity index (χ4n) is 2.43. The highest BCUT2D eigenvalue weighted by molar-refractivity contribution is 5.91. The summed E-state index contributed by atoms with van der Waals surface area (Å²) in [5.41, 5.74) is 4.11. The Kier molecular flexibility index (Phi) is 4.24. The molecule has 0 fully saturated rings. The first-order valence-electron chi connectivity index (χ1n) is 7.46. The lowest BCUT2D eigenvalue weighted by Gasteiger charge is -2.15. The number of amides is 1. The molecule has 1 heterocycles. The van der Waals surface area contributed by atoms with Crippen LogP contribution < -0.4 is 0 Å². The third-order valence-corrected chi connectivity index (χ3v) is 3.67. The standard InChI is InChI=1S/C19H18N2O2/c1-14-12-18(23-20-14)19(22)21(2)13-15-8-10-17(11-9-15)16-6-4-3-5-7-16/h3-12H,13H2,1-2H3. The van der Waals surface area contributed by atoms with E-state index in [-0.39, 0.29) is 11.7 Å². The van der Waals surface area contributed by atoms with Crippen LogP contribution in [0.2, 0.25) is 0 Å². The predicted octanol–water partition coefficient (Wildman–Crippen LogP) is 3.92. The molecule has 3 rings (SSSR count). The fourth-order valence-corrected chi connectivity index (χ4v) is 2.43. The van der Waals surface area contributed by atoms with Crippen LogP contribution in [-0.2, 0) is 6.54 Å². The molecule has 1 amide bonds. The Morgan fingerprint density at radius 1 is 1.04 bits per heavy atom. The van der Waals surface area contributed by atoms with Gasteiger partial charge in [-0.25, -0.2) is 0 Å². The molecule has 4 heteroatoms. The zero-order valence-electron chi connectivity index (χ0n) is 13.2. The van der Waals surface area contributed by atoms with Gasteiger partial charge in [0.05, 0.1) is 5.69 Å². The summed E-state index contributed by atoms with van der Waals surface area (Å²) in [4.78, 5) is 13.9. The van der Waals surface area contributed by atoms with Crippen LogP contribution in [0.25, 0.3) is 11.1 Å². The van der Waals surface area contributed by atoms with E-state index in [1.165, 1.54) is 5.56 Å². The number of hydrogen-bond acceptors (Lipinski definition) is 3. The molecule has 3 aromatic rings. The van der Waals surface area contributed by atoms with Crippen LogP contribution in [0.15, 0.2) is 65.2 Å². The normalized spacial score (nSPS) is 10.5. The van der Waals surface area contributed by atoms with Crippen molar-refractivity contribution in [1.29, 1.82) is 0 Å². The number of hydrogen-bond donors (Lipinski definition) is 0. The second-order valence-corrected chi connectivity index (χ2v) is 5.56. The topological polar surface area (TPSA) is 46.3 Å². The van der Waals surface area contributed by atoms with Gasteiger partial charge in [0, 0.05) is 19.7 Å². The zero-order valence-corrected chi connectivity index (χ0v) is 13.2. The number of rotatable bonds is 4. The second-order valence-electron chi connectivity index (χ2n) is 5.56. The number of aromatic nitrogens is 1. The summed E-state index contributed by atoms with van der Waals surface area (Å²) >= 11 is 0. The summed E-state index contributed by atoms with van der Waals surface area (Å²) in [5.74, 6) is 0.101. The van der Waals surface area contributed by atoms with Crippen LogP contribution >= 0.6 is 0 Å². The molecule has 0 bridgehead atoms. The Labute approximate surface area is 135 Å². The SMILES string of the molecule is Cc1cc(C(=O)N(C)Cc2ccc(-c3ccccc3)cc2)on1. The second kappa shape index (κ2) is 6.48. The van der Waals surface area contributed by atoms with E-state index in [1.54, 1.807) is 24.9 Å². The van der Waals surface area contributed by atoms with Gasteiger partial charge in [0.2, 0.25) is 5.76 Å². The molecule has 0 spiro atoms. The third-order valence-electron chi connectivity index (χ3n) is 3.67. The highest BCUT2D eigenvalue weighted by Crippen LogP contribution is 2.20. The molecule has 116 valence electrons. The minimum Gasteiger partial charge on any atom is -0.351 e. The maximum atomic E-state index is 12.2. The van der Waals surface area contributed by atoms with Crippen LogP contribution in [0, 0.1) is 6.92 Å². The molecule has 0 aliphatic carbocycles. The van der Waals surface area contributed by atoms with E-state index in [9.17, 15) is 4.79 Å². The molecule has 0 radical (unpaired) electrons. The molecule has 23 heavy (non-hydrogen) atoms. The Morgan fingerprint density at radius 3 is 2.30 bits per heavy atom. The molecule has 0 unspecified atom stereocenters. The van der Waals surface area contributed by atoms with Crippen molar-refractivity contribution in [2.75, 3.05) is 7.05 Å². The number of benzene rings is 2. The molecule has 0 N–H and O–H groups in total. The molecule has 1 aromatic heterocycles. The molecular formula is C19H18N2O2. The van der Waals surface area contributed by atoms with Gasteiger partial charge in [-0.05, 0) is 23.6 Å². The van der Waals surface area contributed by atoms with Crippen molar-refractivity contribution in [2.45, 2.75) is 13.5 Å². The van der Waals surface area contributed by atoms with Gasteiger partial charge in [-0.2, -0.15) is 0 Å². The van der Waals surface area contributed by atoms with E-state index in [2.05, 4.69) is 29.4 Å². The highest BCUT2D eigenvalue weighted by atomic mass is 16.5. The first-order valence-corrected chi connectivity index (χ1v) is 7.46. The lowest BCUT2D eigenvalue weighted by Crippen LogP contribution is -2.25. The summed E-state index contributed by atoms with van der Waals surface area (Å²) in [5, 5.41) is 3.75. The average Bonchev–Trinajstić information content (AvgIpc) is 3.02. The van der Waals surface area contributed by atoms with Gasteiger partial charge in [0.1, 0.15) is 0 Å². The van der Waals surface area contributed by atoms with E-state index < -0.39 is 0 Å². The summed E-state index contributed by atoms with van der Waals surface area (Å²) in [6, 6.07) is 20.1. The maximum Gasteiger partial charge on any atom is 0.292 e. The molecule has 0 saturated heterocycles. The minimum atomic E-state index is -0.169. The number of carbonyl (C=O) groups is 1. The minimum absolute atomic E-state index is 0.169. The fraction of sp³-hybridized carbons (Fsp3) is 0.158. The molecule has 0 atom stereocenters. The maximum absolute atomic E-state index is 12.2. The van der Waals surface area contributed by atoms with E-state index in [0.29, 0.717) is 12.2 Å². The smallest absolute Gasteiger partial charge is 0.292 e. The van der Waals surface area contributed by atoms with Crippen molar-refractivity contribution >= 4 is 5.91 Å². The first kappa shape index (κ1) is 15.0. The van der Waals surface area contributed by atoms with Gasteiger partial charge >= 0.3 is 0 Å². The van der Waals surface area contributed by atoms with Gasteiger partial charge in [0.25, 0.3) is 5.91 Å². The lowest BCUT2D eigenvalue weighted by molar-refractivity contribution is 0.0743. The average molecular weight is 306 g/mol. The Hall–Kier alpha value is -2.88. The highest BCUT2D eigenvalue weighted by Gasteiger charge is 2.16. The Morgan fingerprint density at radius 2 is 1.70 bits per heavy atom. The van der Waals surface area contributed by atoms with Gasteiger partial charge in [0.15, 0.2) is 0 Å². The largest absolute Gasteiger partial charge is 0.351 e. The Bertz CT molecular complexity index is 792. The predicted molar refractivity (Wildman–Crippen MR) is 88.9 cm³/mol. The van der Waals surface area contributed by atoms with Crippen molar-refractivity contribution in [1.82, 2.24) is 10.1 Å². The van der Waals surface area contributed by atoms with Crippen molar-refractivity contribution < 1.29 is 9.32 Å². The number of carbonyl (C=O) groups excluding carboxylic acids is 1. The van der Waals surface area contributed by atoms with Crippen LogP contribution in [0.4, 0.5) is 0 Å². The van der Waals surface area contributed by atoms with Crippen LogP contribution in [0.3, 0.4) is 0 Å².